The highest BCUT2D eigenvalue weighted by Crippen LogP contribution is 2.19. The summed E-state index contributed by atoms with van der Waals surface area (Å²) in [5, 5.41) is 0. The van der Waals surface area contributed by atoms with Gasteiger partial charge in [-0.15, -0.1) is 0 Å². The predicted octanol–water partition coefficient (Wildman–Crippen LogP) is 1.68. The first kappa shape index (κ1) is 12.8. The van der Waals surface area contributed by atoms with Crippen LogP contribution in [0.1, 0.15) is 0 Å². The molecule has 0 aromatic heterocycles. The molecule has 4 N–H and O–H groups in total. The number of hydrogen-bond acceptors (Lipinski definition) is 4. The first-order chi connectivity index (χ1) is 8.58. The Hall–Kier alpha value is -1.66. The van der Waals surface area contributed by atoms with Crippen LogP contribution in [-0.2, 0) is 19.7 Å². The van der Waals surface area contributed by atoms with E-state index in [1.807, 2.05) is 0 Å². The first-order valence-electron chi connectivity index (χ1n) is 5.13. The van der Waals surface area contributed by atoms with Crippen LogP contribution in [0.25, 0.3) is 0 Å². The van der Waals surface area contributed by atoms with Gasteiger partial charge in [-0.05, 0) is 48.5 Å². The van der Waals surface area contributed by atoms with E-state index in [-0.39, 0.29) is 0 Å². The number of nitrogens with two attached hydrogens (primary N) is 2. The summed E-state index contributed by atoms with van der Waals surface area (Å²) in [5.41, 5.74) is 12.2. The largest absolute Gasteiger partial charge is 0.399 e. The summed E-state index contributed by atoms with van der Waals surface area (Å²) in [5.74, 6) is 0. The van der Waals surface area contributed by atoms with E-state index in [1.54, 1.807) is 48.5 Å². The fraction of sp³-hybridized carbons (Fsp3) is 0. The maximum atomic E-state index is 12.1. The maximum absolute atomic E-state index is 12.1. The molecule has 2 atom stereocenters. The first-order valence-corrected chi connectivity index (χ1v) is 7.94. The Morgan fingerprint density at radius 1 is 0.611 bits per heavy atom. The molecule has 2 unspecified atom stereocenters. The van der Waals surface area contributed by atoms with Crippen LogP contribution in [0.3, 0.4) is 0 Å². The predicted molar refractivity (Wildman–Crippen MR) is 74.5 cm³/mol. The van der Waals surface area contributed by atoms with E-state index in [0.717, 1.165) is 0 Å². The number of rotatable bonds is 3. The zero-order valence-electron chi connectivity index (χ0n) is 9.41. The zero-order valence-corrected chi connectivity index (χ0v) is 11.0. The third-order valence-corrected chi connectivity index (χ3v) is 5.85. The van der Waals surface area contributed by atoms with E-state index < -0.39 is 19.7 Å². The van der Waals surface area contributed by atoms with E-state index in [9.17, 15) is 8.42 Å². The smallest absolute Gasteiger partial charge is 0.148 e. The molecule has 94 valence electrons. The highest BCUT2D eigenvalue weighted by atomic mass is 33.1. The van der Waals surface area contributed by atoms with Gasteiger partial charge in [-0.1, -0.05) is 0 Å². The summed E-state index contributed by atoms with van der Waals surface area (Å²) in [6.45, 7) is 0. The highest BCUT2D eigenvalue weighted by molar-refractivity contribution is 8.61. The molecule has 0 spiro atoms. The van der Waals surface area contributed by atoms with E-state index in [4.69, 9.17) is 11.5 Å². The van der Waals surface area contributed by atoms with Crippen LogP contribution in [0.15, 0.2) is 58.3 Å². The molecule has 0 aliphatic rings. The Morgan fingerprint density at radius 2 is 0.889 bits per heavy atom. The summed E-state index contributed by atoms with van der Waals surface area (Å²) in [6.07, 6.45) is 0. The van der Waals surface area contributed by atoms with Crippen molar-refractivity contribution in [2.24, 2.45) is 0 Å². The van der Waals surface area contributed by atoms with E-state index in [0.29, 0.717) is 21.2 Å². The lowest BCUT2D eigenvalue weighted by atomic mass is 10.3. The Morgan fingerprint density at radius 3 is 1.17 bits per heavy atom. The summed E-state index contributed by atoms with van der Waals surface area (Å²) >= 11 is 0. The Bertz CT molecular complexity index is 539. The minimum Gasteiger partial charge on any atom is -0.399 e. The van der Waals surface area contributed by atoms with Gasteiger partial charge in [-0.2, -0.15) is 0 Å². The molecule has 2 rings (SSSR count). The minimum absolute atomic E-state index is 0.486. The van der Waals surface area contributed by atoms with Crippen LogP contribution in [0, 0.1) is 0 Å². The standard InChI is InChI=1S/C12H12N2O2S2/c13-9-1-5-11(6-2-9)17(15)18(16)12-7-3-10(14)4-8-12/h1-8H,13-14H2. The van der Waals surface area contributed by atoms with Crippen molar-refractivity contribution in [1.82, 2.24) is 0 Å². The van der Waals surface area contributed by atoms with Gasteiger partial charge in [-0.3, -0.25) is 0 Å². The van der Waals surface area contributed by atoms with Crippen LogP contribution in [0.5, 0.6) is 0 Å². The normalized spacial score (nSPS) is 14.0. The average Bonchev–Trinajstić information content (AvgIpc) is 2.39. The topological polar surface area (TPSA) is 86.2 Å². The van der Waals surface area contributed by atoms with Crippen LogP contribution >= 0.6 is 0 Å². The van der Waals surface area contributed by atoms with Gasteiger partial charge in [-0.25, -0.2) is 8.42 Å². The molecule has 18 heavy (non-hydrogen) atoms. The van der Waals surface area contributed by atoms with Crippen molar-refractivity contribution >= 4 is 31.0 Å². The number of hydrogen-bond donors (Lipinski definition) is 2. The summed E-state index contributed by atoms with van der Waals surface area (Å²) in [7, 11) is -3.24. The molecule has 0 heterocycles. The van der Waals surface area contributed by atoms with Crippen molar-refractivity contribution in [3.63, 3.8) is 0 Å². The minimum atomic E-state index is -1.62. The molecule has 2 aromatic rings. The second-order valence-electron chi connectivity index (χ2n) is 3.61. The monoisotopic (exact) mass is 280 g/mol. The van der Waals surface area contributed by atoms with Crippen molar-refractivity contribution in [2.75, 3.05) is 11.5 Å². The van der Waals surface area contributed by atoms with Gasteiger partial charge < -0.3 is 11.5 Å². The molecule has 0 bridgehead atoms. The molecule has 4 nitrogen and oxygen atoms in total. The van der Waals surface area contributed by atoms with Gasteiger partial charge in [0.2, 0.25) is 0 Å². The van der Waals surface area contributed by atoms with Gasteiger partial charge in [0.1, 0.15) is 19.7 Å². The molecule has 0 aliphatic heterocycles. The molecule has 0 radical (unpaired) electrons. The molecule has 0 aliphatic carbocycles. The third-order valence-electron chi connectivity index (χ3n) is 2.28. The Balaban J connectivity index is 2.26. The van der Waals surface area contributed by atoms with E-state index in [2.05, 4.69) is 0 Å². The molecule has 0 saturated heterocycles. The molecule has 0 fully saturated rings. The summed E-state index contributed by atoms with van der Waals surface area (Å²) in [4.78, 5) is 0.971. The maximum Gasteiger partial charge on any atom is 0.148 e. The lowest BCUT2D eigenvalue weighted by Crippen LogP contribution is -2.01. The fourth-order valence-corrected chi connectivity index (χ4v) is 4.11. The second-order valence-corrected chi connectivity index (χ2v) is 7.31. The van der Waals surface area contributed by atoms with E-state index >= 15 is 0 Å². The quantitative estimate of drug-likeness (QED) is 0.661. The van der Waals surface area contributed by atoms with Crippen LogP contribution < -0.4 is 11.5 Å². The lowest BCUT2D eigenvalue weighted by Gasteiger charge is -2.03. The molecule has 0 saturated carbocycles. The lowest BCUT2D eigenvalue weighted by molar-refractivity contribution is 0.677. The molecule has 6 heteroatoms. The molecular formula is C12H12N2O2S2. The average molecular weight is 280 g/mol. The SMILES string of the molecule is Nc1ccc(S(=O)S(=O)c2ccc(N)cc2)cc1. The Kier molecular flexibility index (Phi) is 3.78. The van der Waals surface area contributed by atoms with Crippen molar-refractivity contribution < 1.29 is 8.42 Å². The van der Waals surface area contributed by atoms with Crippen molar-refractivity contribution in [2.45, 2.75) is 9.79 Å². The van der Waals surface area contributed by atoms with Gasteiger partial charge in [0.25, 0.3) is 0 Å². The van der Waals surface area contributed by atoms with E-state index in [1.165, 1.54) is 0 Å². The second kappa shape index (κ2) is 5.32. The van der Waals surface area contributed by atoms with Gasteiger partial charge in [0, 0.05) is 11.4 Å². The third kappa shape index (κ3) is 2.77. The Labute approximate surface area is 109 Å². The van der Waals surface area contributed by atoms with Crippen LogP contribution in [0.2, 0.25) is 0 Å². The fourth-order valence-electron chi connectivity index (χ4n) is 1.33. The van der Waals surface area contributed by atoms with Gasteiger partial charge in [0.05, 0.1) is 9.79 Å². The zero-order chi connectivity index (χ0) is 13.1. The molecule has 2 aromatic carbocycles. The molecule has 0 amide bonds. The number of nitrogen functional groups attached to an aromatic ring is 2. The van der Waals surface area contributed by atoms with Crippen LogP contribution in [-0.4, -0.2) is 8.42 Å². The van der Waals surface area contributed by atoms with Crippen LogP contribution in [0.4, 0.5) is 11.4 Å². The summed E-state index contributed by atoms with van der Waals surface area (Å²) < 4.78 is 24.2. The number of anilines is 2. The van der Waals surface area contributed by atoms with Crippen molar-refractivity contribution in [3.8, 4) is 0 Å². The highest BCUT2D eigenvalue weighted by Gasteiger charge is 2.14. The van der Waals surface area contributed by atoms with Crippen molar-refractivity contribution in [3.05, 3.63) is 48.5 Å². The number of benzene rings is 2. The van der Waals surface area contributed by atoms with Gasteiger partial charge >= 0.3 is 0 Å². The summed E-state index contributed by atoms with van der Waals surface area (Å²) in [6, 6.07) is 13.0. The van der Waals surface area contributed by atoms with Gasteiger partial charge in [0.15, 0.2) is 0 Å². The molecular weight excluding hydrogens is 268 g/mol. The van der Waals surface area contributed by atoms with Crippen molar-refractivity contribution in [1.29, 1.82) is 0 Å².